The number of hydrogen-bond acceptors (Lipinski definition) is 6. The number of nitrogens with two attached hydrogens (primary N) is 1. The van der Waals surface area contributed by atoms with E-state index >= 15 is 0 Å². The van der Waals surface area contributed by atoms with Gasteiger partial charge in [-0.3, -0.25) is 14.4 Å². The summed E-state index contributed by atoms with van der Waals surface area (Å²) in [4.78, 5) is 48.7. The SMILES string of the molecule is CCOC(=O)c1sc(NC(=O)[C@@H]2[C@H]3CC[C@@H](C3)[C@H]2C(=O)O)c(C(N)=O)c1C. The molecular formula is C18H22N2O6S. The van der Waals surface area contributed by atoms with Crippen molar-refractivity contribution in [3.63, 3.8) is 0 Å². The first-order valence-electron chi connectivity index (χ1n) is 8.90. The largest absolute Gasteiger partial charge is 0.481 e. The lowest BCUT2D eigenvalue weighted by Crippen LogP contribution is -2.38. The van der Waals surface area contributed by atoms with E-state index in [4.69, 9.17) is 10.5 Å². The van der Waals surface area contributed by atoms with Gasteiger partial charge in [-0.1, -0.05) is 0 Å². The molecule has 0 aromatic carbocycles. The molecule has 2 aliphatic carbocycles. The molecule has 1 heterocycles. The predicted octanol–water partition coefficient (Wildman–Crippen LogP) is 2.02. The van der Waals surface area contributed by atoms with Crippen molar-refractivity contribution >= 4 is 40.1 Å². The summed E-state index contributed by atoms with van der Waals surface area (Å²) >= 11 is 0.925. The first-order valence-corrected chi connectivity index (χ1v) is 9.71. The van der Waals surface area contributed by atoms with Gasteiger partial charge in [-0.2, -0.15) is 0 Å². The van der Waals surface area contributed by atoms with Gasteiger partial charge < -0.3 is 20.9 Å². The lowest BCUT2D eigenvalue weighted by atomic mass is 9.79. The number of carbonyl (C=O) groups is 4. The van der Waals surface area contributed by atoms with Crippen LogP contribution in [0.25, 0.3) is 0 Å². The van der Waals surface area contributed by atoms with Gasteiger partial charge in [-0.05, 0) is 50.5 Å². The number of esters is 1. The average Bonchev–Trinajstić information content (AvgIpc) is 3.27. The molecule has 9 heteroatoms. The number of aliphatic carboxylic acids is 1. The average molecular weight is 394 g/mol. The molecule has 2 saturated carbocycles. The molecule has 4 N–H and O–H groups in total. The molecule has 0 radical (unpaired) electrons. The third kappa shape index (κ3) is 3.31. The van der Waals surface area contributed by atoms with Gasteiger partial charge in [0.2, 0.25) is 5.91 Å². The molecule has 2 fully saturated rings. The van der Waals surface area contributed by atoms with E-state index in [2.05, 4.69) is 5.32 Å². The van der Waals surface area contributed by atoms with Crippen LogP contribution in [0.2, 0.25) is 0 Å². The van der Waals surface area contributed by atoms with Crippen LogP contribution in [0, 0.1) is 30.6 Å². The minimum Gasteiger partial charge on any atom is -0.481 e. The summed E-state index contributed by atoms with van der Waals surface area (Å²) in [5, 5.41) is 12.4. The zero-order valence-electron chi connectivity index (χ0n) is 15.1. The minimum atomic E-state index is -0.966. The fraction of sp³-hybridized carbons (Fsp3) is 0.556. The summed E-state index contributed by atoms with van der Waals surface area (Å²) < 4.78 is 4.98. The van der Waals surface area contributed by atoms with E-state index < -0.39 is 35.6 Å². The zero-order chi connectivity index (χ0) is 19.9. The molecule has 27 heavy (non-hydrogen) atoms. The molecule has 3 rings (SSSR count). The van der Waals surface area contributed by atoms with Crippen LogP contribution in [0.15, 0.2) is 0 Å². The maximum atomic E-state index is 12.9. The quantitative estimate of drug-likeness (QED) is 0.632. The van der Waals surface area contributed by atoms with Crippen LogP contribution in [0.3, 0.4) is 0 Å². The molecule has 0 aliphatic heterocycles. The number of ether oxygens (including phenoxy) is 1. The molecule has 2 amide bonds. The van der Waals surface area contributed by atoms with Gasteiger partial charge in [0.25, 0.3) is 5.91 Å². The van der Waals surface area contributed by atoms with Crippen molar-refractivity contribution in [2.75, 3.05) is 11.9 Å². The van der Waals surface area contributed by atoms with Crippen molar-refractivity contribution in [3.8, 4) is 0 Å². The molecule has 0 unspecified atom stereocenters. The summed E-state index contributed by atoms with van der Waals surface area (Å²) in [7, 11) is 0. The Morgan fingerprint density at radius 2 is 1.85 bits per heavy atom. The van der Waals surface area contributed by atoms with Gasteiger partial charge in [0.05, 0.1) is 24.0 Å². The van der Waals surface area contributed by atoms with E-state index in [0.29, 0.717) is 5.56 Å². The molecule has 2 aliphatic rings. The molecule has 1 aromatic heterocycles. The number of carbonyl (C=O) groups excluding carboxylic acids is 3. The fourth-order valence-electron chi connectivity index (χ4n) is 4.51. The number of amides is 2. The Balaban J connectivity index is 1.89. The van der Waals surface area contributed by atoms with Gasteiger partial charge in [0.15, 0.2) is 0 Å². The van der Waals surface area contributed by atoms with Crippen molar-refractivity contribution in [1.29, 1.82) is 0 Å². The van der Waals surface area contributed by atoms with Crippen molar-refractivity contribution in [3.05, 3.63) is 16.0 Å². The van der Waals surface area contributed by atoms with Crippen LogP contribution < -0.4 is 11.1 Å². The normalized spacial score (nSPS) is 26.0. The summed E-state index contributed by atoms with van der Waals surface area (Å²) in [6, 6.07) is 0. The number of primary amides is 1. The van der Waals surface area contributed by atoms with Crippen LogP contribution in [0.5, 0.6) is 0 Å². The first-order chi connectivity index (χ1) is 12.8. The van der Waals surface area contributed by atoms with Crippen molar-refractivity contribution < 1.29 is 29.0 Å². The molecule has 2 bridgehead atoms. The molecule has 4 atom stereocenters. The highest BCUT2D eigenvalue weighted by Crippen LogP contribution is 2.53. The van der Waals surface area contributed by atoms with E-state index in [1.165, 1.54) is 0 Å². The molecule has 0 spiro atoms. The van der Waals surface area contributed by atoms with Crippen LogP contribution in [0.1, 0.15) is 51.8 Å². The van der Waals surface area contributed by atoms with Crippen molar-refractivity contribution in [1.82, 2.24) is 0 Å². The number of rotatable bonds is 6. The van der Waals surface area contributed by atoms with Crippen LogP contribution in [-0.2, 0) is 14.3 Å². The molecular weight excluding hydrogens is 372 g/mol. The lowest BCUT2D eigenvalue weighted by Gasteiger charge is -2.26. The Bertz CT molecular complexity index is 817. The fourth-order valence-corrected chi connectivity index (χ4v) is 5.62. The molecule has 146 valence electrons. The van der Waals surface area contributed by atoms with Crippen molar-refractivity contribution in [2.24, 2.45) is 29.4 Å². The maximum absolute atomic E-state index is 12.9. The number of carboxylic acids is 1. The third-order valence-corrected chi connectivity index (χ3v) is 6.78. The molecule has 0 saturated heterocycles. The number of fused-ring (bicyclic) bond motifs is 2. The highest BCUT2D eigenvalue weighted by Gasteiger charge is 2.54. The zero-order valence-corrected chi connectivity index (χ0v) is 15.9. The Labute approximate surface area is 160 Å². The summed E-state index contributed by atoms with van der Waals surface area (Å²) in [6.45, 7) is 3.41. The second kappa shape index (κ2) is 7.30. The summed E-state index contributed by atoms with van der Waals surface area (Å²) in [5.41, 5.74) is 5.85. The number of anilines is 1. The predicted molar refractivity (Wildman–Crippen MR) is 97.6 cm³/mol. The number of hydrogen-bond donors (Lipinski definition) is 3. The van der Waals surface area contributed by atoms with Gasteiger partial charge in [0, 0.05) is 0 Å². The van der Waals surface area contributed by atoms with E-state index in [9.17, 15) is 24.3 Å². The molecule has 1 aromatic rings. The standard InChI is InChI=1S/C18H22N2O6S/c1-3-26-18(25)13-7(2)10(14(19)21)16(27-13)20-15(22)11-8-4-5-9(6-8)12(11)17(23)24/h8-9,11-12H,3-6H2,1-2H3,(H2,19,21)(H,20,22)(H,23,24)/t8-,9-,11+,12+/m0/s1. The van der Waals surface area contributed by atoms with Gasteiger partial charge in [0.1, 0.15) is 9.88 Å². The van der Waals surface area contributed by atoms with Gasteiger partial charge in [-0.25, -0.2) is 4.79 Å². The summed E-state index contributed by atoms with van der Waals surface area (Å²) in [6.07, 6.45) is 2.38. The highest BCUT2D eigenvalue weighted by molar-refractivity contribution is 7.18. The Kier molecular flexibility index (Phi) is 5.23. The molecule has 8 nitrogen and oxygen atoms in total. The van der Waals surface area contributed by atoms with Crippen LogP contribution in [-0.4, -0.2) is 35.5 Å². The Morgan fingerprint density at radius 3 is 2.41 bits per heavy atom. The van der Waals surface area contributed by atoms with E-state index in [0.717, 1.165) is 30.6 Å². The monoisotopic (exact) mass is 394 g/mol. The highest BCUT2D eigenvalue weighted by atomic mass is 32.1. The lowest BCUT2D eigenvalue weighted by molar-refractivity contribution is -0.148. The third-order valence-electron chi connectivity index (χ3n) is 5.60. The van der Waals surface area contributed by atoms with Crippen molar-refractivity contribution in [2.45, 2.75) is 33.1 Å². The number of nitrogens with one attached hydrogen (secondary N) is 1. The van der Waals surface area contributed by atoms with Gasteiger partial charge in [-0.15, -0.1) is 11.3 Å². The van der Waals surface area contributed by atoms with Crippen LogP contribution >= 0.6 is 11.3 Å². The smallest absolute Gasteiger partial charge is 0.348 e. The number of thiophene rings is 1. The Morgan fingerprint density at radius 1 is 1.22 bits per heavy atom. The maximum Gasteiger partial charge on any atom is 0.348 e. The Hall–Kier alpha value is -2.42. The topological polar surface area (TPSA) is 136 Å². The first kappa shape index (κ1) is 19.3. The van der Waals surface area contributed by atoms with E-state index in [1.807, 2.05) is 0 Å². The minimum absolute atomic E-state index is 0.0130. The van der Waals surface area contributed by atoms with Gasteiger partial charge >= 0.3 is 11.9 Å². The summed E-state index contributed by atoms with van der Waals surface area (Å²) in [5.74, 6) is -4.08. The second-order valence-corrected chi connectivity index (χ2v) is 8.08. The van der Waals surface area contributed by atoms with E-state index in [-0.39, 0.29) is 33.9 Å². The van der Waals surface area contributed by atoms with E-state index in [1.54, 1.807) is 13.8 Å². The van der Waals surface area contributed by atoms with Crippen LogP contribution in [0.4, 0.5) is 5.00 Å². The number of carboxylic acid groups (broad SMARTS) is 1. The second-order valence-electron chi connectivity index (χ2n) is 7.06.